The van der Waals surface area contributed by atoms with Crippen LogP contribution in [0.2, 0.25) is 0 Å². The van der Waals surface area contributed by atoms with E-state index in [-0.39, 0.29) is 12.5 Å². The summed E-state index contributed by atoms with van der Waals surface area (Å²) in [6, 6.07) is 9.52. The highest BCUT2D eigenvalue weighted by atomic mass is 16.1. The van der Waals surface area contributed by atoms with Gasteiger partial charge in [-0.1, -0.05) is 0 Å². The number of nitrogens with one attached hydrogen (secondary N) is 2. The molecule has 1 saturated heterocycles. The molecule has 0 atom stereocenters. The van der Waals surface area contributed by atoms with Crippen LogP contribution in [0, 0.1) is 6.92 Å². The number of benzene rings is 1. The molecule has 2 N–H and O–H groups in total. The maximum absolute atomic E-state index is 12.1. The molecular formula is C21H25N7O. The SMILES string of the molecule is Cc1cc(Nc2ccc(NC(=O)Cn3ccnc3)cc2)nc(N2CCCCC2)n1. The fourth-order valence-corrected chi connectivity index (χ4v) is 3.38. The minimum atomic E-state index is -0.0960. The van der Waals surface area contributed by atoms with Gasteiger partial charge in [-0.15, -0.1) is 0 Å². The minimum absolute atomic E-state index is 0.0960. The summed E-state index contributed by atoms with van der Waals surface area (Å²) in [5.74, 6) is 1.46. The van der Waals surface area contributed by atoms with E-state index < -0.39 is 0 Å². The molecule has 29 heavy (non-hydrogen) atoms. The Balaban J connectivity index is 1.39. The lowest BCUT2D eigenvalue weighted by Crippen LogP contribution is -2.31. The molecule has 1 aliphatic heterocycles. The Morgan fingerprint density at radius 3 is 2.55 bits per heavy atom. The van der Waals surface area contributed by atoms with Crippen LogP contribution >= 0.6 is 0 Å². The first-order chi connectivity index (χ1) is 14.2. The first kappa shape index (κ1) is 18.9. The van der Waals surface area contributed by atoms with Gasteiger partial charge in [0.2, 0.25) is 11.9 Å². The molecule has 0 spiro atoms. The van der Waals surface area contributed by atoms with E-state index in [1.165, 1.54) is 19.3 Å². The molecule has 1 aromatic carbocycles. The Morgan fingerprint density at radius 1 is 1.07 bits per heavy atom. The van der Waals surface area contributed by atoms with Crippen molar-refractivity contribution in [2.45, 2.75) is 32.7 Å². The first-order valence-corrected chi connectivity index (χ1v) is 9.89. The molecule has 3 aromatic rings. The monoisotopic (exact) mass is 391 g/mol. The molecule has 8 nitrogen and oxygen atoms in total. The van der Waals surface area contributed by atoms with Crippen molar-refractivity contribution < 1.29 is 4.79 Å². The highest BCUT2D eigenvalue weighted by molar-refractivity contribution is 5.90. The molecule has 2 aromatic heterocycles. The minimum Gasteiger partial charge on any atom is -0.341 e. The van der Waals surface area contributed by atoms with Crippen LogP contribution in [0.4, 0.5) is 23.1 Å². The van der Waals surface area contributed by atoms with Gasteiger partial charge in [-0.05, 0) is 50.5 Å². The van der Waals surface area contributed by atoms with Crippen LogP contribution in [0.5, 0.6) is 0 Å². The number of hydrogen-bond donors (Lipinski definition) is 2. The lowest BCUT2D eigenvalue weighted by molar-refractivity contribution is -0.116. The van der Waals surface area contributed by atoms with Gasteiger partial charge in [-0.2, -0.15) is 4.98 Å². The van der Waals surface area contributed by atoms with E-state index in [2.05, 4.69) is 25.5 Å². The van der Waals surface area contributed by atoms with Gasteiger partial charge in [-0.25, -0.2) is 9.97 Å². The molecule has 4 rings (SSSR count). The molecule has 0 unspecified atom stereocenters. The summed E-state index contributed by atoms with van der Waals surface area (Å²) >= 11 is 0. The summed E-state index contributed by atoms with van der Waals surface area (Å²) in [6.45, 7) is 4.24. The van der Waals surface area contributed by atoms with E-state index in [9.17, 15) is 4.79 Å². The largest absolute Gasteiger partial charge is 0.341 e. The second-order valence-corrected chi connectivity index (χ2v) is 7.23. The van der Waals surface area contributed by atoms with Gasteiger partial charge in [0.05, 0.1) is 6.33 Å². The number of anilines is 4. The van der Waals surface area contributed by atoms with Crippen molar-refractivity contribution >= 4 is 29.0 Å². The smallest absolute Gasteiger partial charge is 0.244 e. The standard InChI is InChI=1S/C21H25N7O/c1-16-13-19(26-21(23-16)28-10-3-2-4-11-28)24-17-5-7-18(8-6-17)25-20(29)14-27-12-9-22-15-27/h5-9,12-13,15H,2-4,10-11,14H2,1H3,(H,25,29)(H,23,24,26). The zero-order valence-corrected chi connectivity index (χ0v) is 16.5. The summed E-state index contributed by atoms with van der Waals surface area (Å²) in [6.07, 6.45) is 8.68. The van der Waals surface area contributed by atoms with Crippen LogP contribution in [0.25, 0.3) is 0 Å². The zero-order chi connectivity index (χ0) is 20.1. The van der Waals surface area contributed by atoms with Crippen molar-refractivity contribution in [3.8, 4) is 0 Å². The number of amides is 1. The molecule has 0 saturated carbocycles. The average molecular weight is 391 g/mol. The van der Waals surface area contributed by atoms with Crippen molar-refractivity contribution in [1.82, 2.24) is 19.5 Å². The highest BCUT2D eigenvalue weighted by Gasteiger charge is 2.14. The number of imidazole rings is 1. The van der Waals surface area contributed by atoms with Gasteiger partial charge in [0, 0.05) is 48.6 Å². The predicted molar refractivity (Wildman–Crippen MR) is 113 cm³/mol. The first-order valence-electron chi connectivity index (χ1n) is 9.89. The third kappa shape index (κ3) is 5.10. The lowest BCUT2D eigenvalue weighted by atomic mass is 10.1. The van der Waals surface area contributed by atoms with Gasteiger partial charge in [0.1, 0.15) is 12.4 Å². The zero-order valence-electron chi connectivity index (χ0n) is 16.5. The van der Waals surface area contributed by atoms with Crippen molar-refractivity contribution in [2.24, 2.45) is 0 Å². The number of piperidine rings is 1. The van der Waals surface area contributed by atoms with E-state index in [0.29, 0.717) is 0 Å². The summed E-state index contributed by atoms with van der Waals surface area (Å²) in [7, 11) is 0. The van der Waals surface area contributed by atoms with Crippen molar-refractivity contribution in [2.75, 3.05) is 28.6 Å². The van der Waals surface area contributed by atoms with Gasteiger partial charge in [0.15, 0.2) is 0 Å². The second-order valence-electron chi connectivity index (χ2n) is 7.23. The van der Waals surface area contributed by atoms with Crippen LogP contribution < -0.4 is 15.5 Å². The molecule has 1 fully saturated rings. The Labute approximate surface area is 170 Å². The van der Waals surface area contributed by atoms with Crippen molar-refractivity contribution in [3.05, 3.63) is 54.7 Å². The number of nitrogens with zero attached hydrogens (tertiary/aromatic N) is 5. The summed E-state index contributed by atoms with van der Waals surface area (Å²) < 4.78 is 1.72. The van der Waals surface area contributed by atoms with Crippen LogP contribution in [0.1, 0.15) is 25.0 Å². The number of rotatable bonds is 6. The van der Waals surface area contributed by atoms with E-state index in [1.54, 1.807) is 23.3 Å². The third-order valence-corrected chi connectivity index (χ3v) is 4.81. The van der Waals surface area contributed by atoms with Crippen LogP contribution in [-0.2, 0) is 11.3 Å². The Hall–Kier alpha value is -3.42. The van der Waals surface area contributed by atoms with Crippen LogP contribution in [-0.4, -0.2) is 38.5 Å². The molecule has 0 radical (unpaired) electrons. The maximum atomic E-state index is 12.1. The molecular weight excluding hydrogens is 366 g/mol. The molecule has 1 amide bonds. The average Bonchev–Trinajstić information content (AvgIpc) is 3.22. The van der Waals surface area contributed by atoms with E-state index in [4.69, 9.17) is 4.98 Å². The summed E-state index contributed by atoms with van der Waals surface area (Å²) in [4.78, 5) is 27.6. The molecule has 0 bridgehead atoms. The second kappa shape index (κ2) is 8.72. The number of carbonyl (C=O) groups excluding carboxylic acids is 1. The molecule has 8 heteroatoms. The molecule has 3 heterocycles. The van der Waals surface area contributed by atoms with Gasteiger partial charge < -0.3 is 20.1 Å². The van der Waals surface area contributed by atoms with Gasteiger partial charge in [-0.3, -0.25) is 4.79 Å². The number of aromatic nitrogens is 4. The van der Waals surface area contributed by atoms with E-state index in [0.717, 1.165) is 41.9 Å². The number of aryl methyl sites for hydroxylation is 1. The molecule has 0 aliphatic carbocycles. The predicted octanol–water partition coefficient (Wildman–Crippen LogP) is 3.35. The van der Waals surface area contributed by atoms with Crippen LogP contribution in [0.3, 0.4) is 0 Å². The van der Waals surface area contributed by atoms with Gasteiger partial charge in [0.25, 0.3) is 0 Å². The summed E-state index contributed by atoms with van der Waals surface area (Å²) in [5.41, 5.74) is 2.58. The third-order valence-electron chi connectivity index (χ3n) is 4.81. The Morgan fingerprint density at radius 2 is 1.83 bits per heavy atom. The Kier molecular flexibility index (Phi) is 5.69. The van der Waals surface area contributed by atoms with E-state index >= 15 is 0 Å². The lowest BCUT2D eigenvalue weighted by Gasteiger charge is -2.27. The number of hydrogen-bond acceptors (Lipinski definition) is 6. The summed E-state index contributed by atoms with van der Waals surface area (Å²) in [5, 5.41) is 6.22. The van der Waals surface area contributed by atoms with Crippen molar-refractivity contribution in [3.63, 3.8) is 0 Å². The van der Waals surface area contributed by atoms with E-state index in [1.807, 2.05) is 37.3 Å². The normalized spacial score (nSPS) is 13.9. The van der Waals surface area contributed by atoms with Crippen molar-refractivity contribution in [1.29, 1.82) is 0 Å². The fraction of sp³-hybridized carbons (Fsp3) is 0.333. The maximum Gasteiger partial charge on any atom is 0.244 e. The fourth-order valence-electron chi connectivity index (χ4n) is 3.38. The highest BCUT2D eigenvalue weighted by Crippen LogP contribution is 2.22. The Bertz CT molecular complexity index is 948. The van der Waals surface area contributed by atoms with Gasteiger partial charge >= 0.3 is 0 Å². The molecule has 1 aliphatic rings. The quantitative estimate of drug-likeness (QED) is 0.670. The topological polar surface area (TPSA) is 88.0 Å². The molecule has 150 valence electrons. The number of carbonyl (C=O) groups is 1. The van der Waals surface area contributed by atoms with Crippen LogP contribution in [0.15, 0.2) is 49.1 Å².